The van der Waals surface area contributed by atoms with Gasteiger partial charge in [-0.3, -0.25) is 10.1 Å². The second-order valence-electron chi connectivity index (χ2n) is 6.33. The van der Waals surface area contributed by atoms with E-state index in [0.29, 0.717) is 24.7 Å². The molecule has 1 aromatic carbocycles. The highest BCUT2D eigenvalue weighted by molar-refractivity contribution is 7.09. The largest absolute Gasteiger partial charge is 0.493 e. The Morgan fingerprint density at radius 1 is 1.25 bits per heavy atom. The standard InChI is InChI=1S/C20H27N3O4S/c1-5-23(14(2)19(24)22-20(25)21-3)12-15-8-9-17(18(11-15)26-4)27-13-16-7-6-10-28-16/h6-11,14H,5,12-13H2,1-4H3,(H2,21,22,24,25)/p+1/t14-/m0/s1. The maximum atomic E-state index is 12.2. The molecule has 1 unspecified atom stereocenters. The summed E-state index contributed by atoms with van der Waals surface area (Å²) in [6.07, 6.45) is 0. The molecule has 0 aliphatic heterocycles. The Morgan fingerprint density at radius 2 is 2.04 bits per heavy atom. The number of ether oxygens (including phenoxy) is 2. The number of quaternary nitrogens is 1. The van der Waals surface area contributed by atoms with Crippen LogP contribution < -0.4 is 25.0 Å². The van der Waals surface area contributed by atoms with E-state index in [1.807, 2.05) is 49.6 Å². The van der Waals surface area contributed by atoms with Crippen LogP contribution in [-0.2, 0) is 17.9 Å². The van der Waals surface area contributed by atoms with Crippen molar-refractivity contribution in [2.45, 2.75) is 33.0 Å². The molecule has 1 heterocycles. The number of imide groups is 1. The van der Waals surface area contributed by atoms with Crippen molar-refractivity contribution in [2.24, 2.45) is 0 Å². The van der Waals surface area contributed by atoms with E-state index < -0.39 is 6.03 Å². The number of benzene rings is 1. The van der Waals surface area contributed by atoms with Crippen LogP contribution in [0.3, 0.4) is 0 Å². The molecule has 0 aliphatic carbocycles. The molecule has 3 amide bonds. The van der Waals surface area contributed by atoms with Crippen molar-refractivity contribution >= 4 is 23.3 Å². The number of methoxy groups -OCH3 is 1. The Balaban J connectivity index is 2.04. The third-order valence-corrected chi connectivity index (χ3v) is 5.38. The predicted molar refractivity (Wildman–Crippen MR) is 109 cm³/mol. The summed E-state index contributed by atoms with van der Waals surface area (Å²) >= 11 is 1.65. The van der Waals surface area contributed by atoms with Gasteiger partial charge < -0.3 is 19.7 Å². The molecular weight excluding hydrogens is 378 g/mol. The first-order valence-electron chi connectivity index (χ1n) is 9.17. The van der Waals surface area contributed by atoms with Gasteiger partial charge in [-0.05, 0) is 43.5 Å². The molecule has 152 valence electrons. The number of hydrogen-bond donors (Lipinski definition) is 3. The average Bonchev–Trinajstić information content (AvgIpc) is 3.23. The highest BCUT2D eigenvalue weighted by atomic mass is 32.1. The van der Waals surface area contributed by atoms with Crippen molar-refractivity contribution in [1.29, 1.82) is 0 Å². The number of likely N-dealkylation sites (N-methyl/N-ethyl adjacent to an activating group) is 1. The van der Waals surface area contributed by atoms with E-state index >= 15 is 0 Å². The molecule has 2 aromatic rings. The minimum Gasteiger partial charge on any atom is -0.493 e. The third kappa shape index (κ3) is 5.97. The van der Waals surface area contributed by atoms with Crippen molar-refractivity contribution in [3.05, 3.63) is 46.2 Å². The lowest BCUT2D eigenvalue weighted by molar-refractivity contribution is -0.926. The predicted octanol–water partition coefficient (Wildman–Crippen LogP) is 1.58. The quantitative estimate of drug-likeness (QED) is 0.591. The number of rotatable bonds is 9. The molecule has 0 spiro atoms. The summed E-state index contributed by atoms with van der Waals surface area (Å²) in [7, 11) is 3.09. The first-order chi connectivity index (χ1) is 13.5. The van der Waals surface area contributed by atoms with E-state index in [-0.39, 0.29) is 11.9 Å². The van der Waals surface area contributed by atoms with Gasteiger partial charge in [-0.15, -0.1) is 11.3 Å². The van der Waals surface area contributed by atoms with Gasteiger partial charge in [-0.2, -0.15) is 0 Å². The summed E-state index contributed by atoms with van der Waals surface area (Å²) in [5.74, 6) is 1.04. The lowest BCUT2D eigenvalue weighted by Gasteiger charge is -2.24. The molecule has 2 rings (SSSR count). The van der Waals surface area contributed by atoms with Crippen LogP contribution >= 0.6 is 11.3 Å². The van der Waals surface area contributed by atoms with E-state index in [2.05, 4.69) is 10.6 Å². The molecule has 0 aliphatic rings. The molecule has 8 heteroatoms. The minimum atomic E-state index is -0.499. The smallest absolute Gasteiger partial charge is 0.321 e. The van der Waals surface area contributed by atoms with Gasteiger partial charge in [-0.1, -0.05) is 6.07 Å². The Kier molecular flexibility index (Phi) is 8.28. The van der Waals surface area contributed by atoms with Gasteiger partial charge in [0.05, 0.1) is 13.7 Å². The second kappa shape index (κ2) is 10.7. The number of amides is 3. The Bertz CT molecular complexity index is 780. The molecule has 0 radical (unpaired) electrons. The monoisotopic (exact) mass is 406 g/mol. The van der Waals surface area contributed by atoms with Gasteiger partial charge in [0.15, 0.2) is 17.5 Å². The first kappa shape index (κ1) is 21.7. The van der Waals surface area contributed by atoms with Crippen LogP contribution in [0, 0.1) is 0 Å². The van der Waals surface area contributed by atoms with Crippen LogP contribution in [0.15, 0.2) is 35.7 Å². The van der Waals surface area contributed by atoms with Crippen LogP contribution in [0.2, 0.25) is 0 Å². The van der Waals surface area contributed by atoms with Crippen LogP contribution in [0.4, 0.5) is 4.79 Å². The highest BCUT2D eigenvalue weighted by Crippen LogP contribution is 2.29. The number of urea groups is 1. The van der Waals surface area contributed by atoms with Crippen molar-refractivity contribution in [1.82, 2.24) is 10.6 Å². The molecule has 7 nitrogen and oxygen atoms in total. The average molecular weight is 407 g/mol. The Labute approximate surface area is 169 Å². The molecule has 2 atom stereocenters. The zero-order valence-corrected chi connectivity index (χ0v) is 17.5. The fraction of sp³-hybridized carbons (Fsp3) is 0.400. The van der Waals surface area contributed by atoms with Crippen molar-refractivity contribution in [3.63, 3.8) is 0 Å². The zero-order valence-electron chi connectivity index (χ0n) is 16.7. The van der Waals surface area contributed by atoms with Gasteiger partial charge in [0, 0.05) is 17.5 Å². The lowest BCUT2D eigenvalue weighted by Crippen LogP contribution is -3.15. The highest BCUT2D eigenvalue weighted by Gasteiger charge is 2.25. The van der Waals surface area contributed by atoms with E-state index in [1.165, 1.54) is 7.05 Å². The number of carbonyl (C=O) groups is 2. The fourth-order valence-electron chi connectivity index (χ4n) is 2.80. The summed E-state index contributed by atoms with van der Waals surface area (Å²) in [4.78, 5) is 25.8. The lowest BCUT2D eigenvalue weighted by atomic mass is 10.1. The molecule has 0 fully saturated rings. The topological polar surface area (TPSA) is 81.1 Å². The van der Waals surface area contributed by atoms with Crippen LogP contribution in [0.25, 0.3) is 0 Å². The van der Waals surface area contributed by atoms with Crippen molar-refractivity contribution in [3.8, 4) is 11.5 Å². The zero-order chi connectivity index (χ0) is 20.5. The summed E-state index contributed by atoms with van der Waals surface area (Å²) < 4.78 is 11.4. The number of carbonyl (C=O) groups excluding carboxylic acids is 2. The van der Waals surface area contributed by atoms with Gasteiger partial charge in [-0.25, -0.2) is 4.79 Å². The van der Waals surface area contributed by atoms with Gasteiger partial charge in [0.25, 0.3) is 5.91 Å². The maximum absolute atomic E-state index is 12.2. The van der Waals surface area contributed by atoms with Gasteiger partial charge in [0.1, 0.15) is 13.2 Å². The molecular formula is C20H28N3O4S+. The summed E-state index contributed by atoms with van der Waals surface area (Å²) in [5, 5.41) is 6.75. The van der Waals surface area contributed by atoms with E-state index in [0.717, 1.165) is 21.9 Å². The molecule has 3 N–H and O–H groups in total. The molecule has 28 heavy (non-hydrogen) atoms. The van der Waals surface area contributed by atoms with Crippen molar-refractivity contribution < 1.29 is 24.0 Å². The number of hydrogen-bond acceptors (Lipinski definition) is 5. The van der Waals surface area contributed by atoms with Crippen LogP contribution in [-0.4, -0.2) is 38.7 Å². The fourth-order valence-corrected chi connectivity index (χ4v) is 3.42. The Morgan fingerprint density at radius 3 is 2.64 bits per heavy atom. The van der Waals surface area contributed by atoms with E-state index in [4.69, 9.17) is 9.47 Å². The van der Waals surface area contributed by atoms with E-state index in [1.54, 1.807) is 18.4 Å². The summed E-state index contributed by atoms with van der Waals surface area (Å²) in [6.45, 7) is 5.68. The van der Waals surface area contributed by atoms with Gasteiger partial charge in [0.2, 0.25) is 0 Å². The third-order valence-electron chi connectivity index (χ3n) is 4.53. The second-order valence-corrected chi connectivity index (χ2v) is 7.36. The molecule has 0 saturated heterocycles. The normalized spacial score (nSPS) is 12.7. The molecule has 0 saturated carbocycles. The maximum Gasteiger partial charge on any atom is 0.321 e. The molecule has 1 aromatic heterocycles. The SMILES string of the molecule is CC[NH+](Cc1ccc(OCc2cccs2)c(OC)c1)[C@@H](C)C(=O)NC(=O)NC. The number of nitrogens with one attached hydrogen (secondary N) is 3. The van der Waals surface area contributed by atoms with Gasteiger partial charge >= 0.3 is 6.03 Å². The Hall–Kier alpha value is -2.58. The first-order valence-corrected chi connectivity index (χ1v) is 10.1. The summed E-state index contributed by atoms with van der Waals surface area (Å²) in [6, 6.07) is 8.95. The van der Waals surface area contributed by atoms with E-state index in [9.17, 15) is 9.59 Å². The van der Waals surface area contributed by atoms with Crippen LogP contribution in [0.1, 0.15) is 24.3 Å². The minimum absolute atomic E-state index is 0.306. The van der Waals surface area contributed by atoms with Crippen LogP contribution in [0.5, 0.6) is 11.5 Å². The summed E-state index contributed by atoms with van der Waals surface area (Å²) in [5.41, 5.74) is 1.02. The molecule has 0 bridgehead atoms. The number of thiophene rings is 1. The van der Waals surface area contributed by atoms with Crippen molar-refractivity contribution in [2.75, 3.05) is 20.7 Å².